The zero-order valence-corrected chi connectivity index (χ0v) is 14.9. The molecule has 0 radical (unpaired) electrons. The second-order valence-electron chi connectivity index (χ2n) is 5.88. The van der Waals surface area contributed by atoms with E-state index in [9.17, 15) is 18.8 Å². The lowest BCUT2D eigenvalue weighted by Crippen LogP contribution is -2.06. The minimum absolute atomic E-state index is 0.00993. The fourth-order valence-electron chi connectivity index (χ4n) is 2.80. The fraction of sp³-hybridized carbons (Fsp3) is 0.300. The molecule has 26 heavy (non-hydrogen) atoms. The number of rotatable bonds is 7. The standard InChI is InChI=1S/C20H20F2N2O2/c1-4-9-24-13(2)10-18(14(24)3)19(25)16(12-23)11-15-5-7-17(8-6-15)26-20(21)22/h5-8,10-11,20H,4,9H2,1-3H3/b16-11+. The SMILES string of the molecule is CCCn1c(C)cc(C(=O)/C(C#N)=C/c2ccc(OC(F)F)cc2)c1C. The van der Waals surface area contributed by atoms with Crippen LogP contribution in [0.25, 0.3) is 6.08 Å². The summed E-state index contributed by atoms with van der Waals surface area (Å²) in [5, 5.41) is 9.39. The first-order chi connectivity index (χ1) is 12.4. The summed E-state index contributed by atoms with van der Waals surface area (Å²) in [7, 11) is 0. The number of ketones is 1. The first-order valence-corrected chi connectivity index (χ1v) is 8.25. The third-order valence-electron chi connectivity index (χ3n) is 4.05. The molecule has 0 spiro atoms. The van der Waals surface area contributed by atoms with Gasteiger partial charge in [0.2, 0.25) is 5.78 Å². The fourth-order valence-corrected chi connectivity index (χ4v) is 2.80. The number of benzene rings is 1. The van der Waals surface area contributed by atoms with Gasteiger partial charge in [-0.2, -0.15) is 14.0 Å². The highest BCUT2D eigenvalue weighted by atomic mass is 19.3. The summed E-state index contributed by atoms with van der Waals surface area (Å²) in [6, 6.07) is 9.49. The van der Waals surface area contributed by atoms with Crippen molar-refractivity contribution in [2.24, 2.45) is 0 Å². The molecule has 2 rings (SSSR count). The smallest absolute Gasteiger partial charge is 0.387 e. The summed E-state index contributed by atoms with van der Waals surface area (Å²) in [5.41, 5.74) is 2.85. The van der Waals surface area contributed by atoms with E-state index < -0.39 is 6.61 Å². The lowest BCUT2D eigenvalue weighted by molar-refractivity contribution is -0.0498. The number of alkyl halides is 2. The van der Waals surface area contributed by atoms with Gasteiger partial charge in [-0.15, -0.1) is 0 Å². The monoisotopic (exact) mass is 358 g/mol. The lowest BCUT2D eigenvalue weighted by Gasteiger charge is -2.07. The van der Waals surface area contributed by atoms with Crippen molar-refractivity contribution in [3.8, 4) is 11.8 Å². The Kier molecular flexibility index (Phi) is 6.29. The molecule has 0 N–H and O–H groups in total. The molecule has 0 bridgehead atoms. The van der Waals surface area contributed by atoms with E-state index in [1.165, 1.54) is 30.3 Å². The highest BCUT2D eigenvalue weighted by Crippen LogP contribution is 2.21. The Morgan fingerprint density at radius 3 is 2.50 bits per heavy atom. The molecule has 1 heterocycles. The largest absolute Gasteiger partial charge is 0.435 e. The van der Waals surface area contributed by atoms with Gasteiger partial charge >= 0.3 is 6.61 Å². The molecule has 0 aliphatic rings. The Labute approximate surface area is 151 Å². The van der Waals surface area contributed by atoms with Gasteiger partial charge in [0.15, 0.2) is 0 Å². The van der Waals surface area contributed by atoms with Crippen molar-refractivity contribution in [1.82, 2.24) is 4.57 Å². The van der Waals surface area contributed by atoms with E-state index in [1.807, 2.05) is 19.9 Å². The number of nitriles is 1. The molecule has 0 atom stereocenters. The number of carbonyl (C=O) groups excluding carboxylic acids is 1. The van der Waals surface area contributed by atoms with E-state index in [0.717, 1.165) is 24.4 Å². The van der Waals surface area contributed by atoms with Gasteiger partial charge in [0, 0.05) is 23.5 Å². The maximum Gasteiger partial charge on any atom is 0.387 e. The van der Waals surface area contributed by atoms with Crippen molar-refractivity contribution >= 4 is 11.9 Å². The molecule has 1 aromatic heterocycles. The molecule has 0 saturated carbocycles. The Morgan fingerprint density at radius 1 is 1.31 bits per heavy atom. The summed E-state index contributed by atoms with van der Waals surface area (Å²) in [6.07, 6.45) is 2.39. The van der Waals surface area contributed by atoms with Gasteiger partial charge in [-0.3, -0.25) is 4.79 Å². The Morgan fingerprint density at radius 2 is 1.96 bits per heavy atom. The number of nitrogens with zero attached hydrogens (tertiary/aromatic N) is 2. The Balaban J connectivity index is 2.30. The zero-order chi connectivity index (χ0) is 19.3. The second-order valence-corrected chi connectivity index (χ2v) is 5.88. The minimum Gasteiger partial charge on any atom is -0.435 e. The number of Topliss-reactive ketones (excluding diaryl/α,β-unsaturated/α-hetero) is 1. The molecular formula is C20H20F2N2O2. The van der Waals surface area contributed by atoms with Gasteiger partial charge in [0.25, 0.3) is 0 Å². The van der Waals surface area contributed by atoms with Gasteiger partial charge in [-0.25, -0.2) is 0 Å². The Bertz CT molecular complexity index is 859. The first kappa shape index (κ1) is 19.4. The van der Waals surface area contributed by atoms with Crippen LogP contribution >= 0.6 is 0 Å². The molecule has 0 aliphatic carbocycles. The number of hydrogen-bond acceptors (Lipinski definition) is 3. The van der Waals surface area contributed by atoms with Crippen LogP contribution in [0.2, 0.25) is 0 Å². The van der Waals surface area contributed by atoms with E-state index in [1.54, 1.807) is 6.07 Å². The van der Waals surface area contributed by atoms with Crippen LogP contribution < -0.4 is 4.74 Å². The number of ether oxygens (including phenoxy) is 1. The van der Waals surface area contributed by atoms with E-state index in [-0.39, 0.29) is 17.1 Å². The summed E-state index contributed by atoms with van der Waals surface area (Å²) < 4.78 is 30.7. The maximum atomic E-state index is 12.8. The molecule has 0 amide bonds. The van der Waals surface area contributed by atoms with Crippen molar-refractivity contribution in [2.75, 3.05) is 0 Å². The van der Waals surface area contributed by atoms with Crippen LogP contribution in [0.1, 0.15) is 40.7 Å². The van der Waals surface area contributed by atoms with Gasteiger partial charge in [-0.1, -0.05) is 19.1 Å². The predicted octanol–water partition coefficient (Wildman–Crippen LogP) is 4.91. The molecule has 4 nitrogen and oxygen atoms in total. The topological polar surface area (TPSA) is 55.0 Å². The molecule has 0 aliphatic heterocycles. The predicted molar refractivity (Wildman–Crippen MR) is 95.2 cm³/mol. The van der Waals surface area contributed by atoms with Gasteiger partial charge < -0.3 is 9.30 Å². The average molecular weight is 358 g/mol. The summed E-state index contributed by atoms with van der Waals surface area (Å²) in [5.74, 6) is -0.332. The molecule has 0 fully saturated rings. The number of aryl methyl sites for hydroxylation is 1. The van der Waals surface area contributed by atoms with E-state index in [0.29, 0.717) is 11.1 Å². The molecular weight excluding hydrogens is 338 g/mol. The van der Waals surface area contributed by atoms with Crippen molar-refractivity contribution in [1.29, 1.82) is 5.26 Å². The molecule has 1 aromatic carbocycles. The third kappa shape index (κ3) is 4.37. The number of allylic oxidation sites excluding steroid dienone is 1. The minimum atomic E-state index is -2.90. The molecule has 136 valence electrons. The van der Waals surface area contributed by atoms with Gasteiger partial charge in [-0.05, 0) is 50.1 Å². The maximum absolute atomic E-state index is 12.8. The third-order valence-corrected chi connectivity index (χ3v) is 4.05. The molecule has 6 heteroatoms. The lowest BCUT2D eigenvalue weighted by atomic mass is 10.0. The summed E-state index contributed by atoms with van der Waals surface area (Å²) in [4.78, 5) is 12.8. The first-order valence-electron chi connectivity index (χ1n) is 8.25. The summed E-state index contributed by atoms with van der Waals surface area (Å²) >= 11 is 0. The quantitative estimate of drug-likeness (QED) is 0.402. The van der Waals surface area contributed by atoms with Crippen LogP contribution in [-0.4, -0.2) is 17.0 Å². The van der Waals surface area contributed by atoms with Crippen LogP contribution in [-0.2, 0) is 6.54 Å². The molecule has 2 aromatic rings. The zero-order valence-electron chi connectivity index (χ0n) is 14.9. The number of carbonyl (C=O) groups is 1. The van der Waals surface area contributed by atoms with Gasteiger partial charge in [0.1, 0.15) is 17.4 Å². The average Bonchev–Trinajstić information content (AvgIpc) is 2.88. The Hall–Kier alpha value is -2.94. The van der Waals surface area contributed by atoms with Crippen LogP contribution in [0.15, 0.2) is 35.9 Å². The van der Waals surface area contributed by atoms with Crippen LogP contribution in [0.4, 0.5) is 8.78 Å². The number of hydrogen-bond donors (Lipinski definition) is 0. The second kappa shape index (κ2) is 8.43. The molecule has 0 unspecified atom stereocenters. The van der Waals surface area contributed by atoms with Crippen molar-refractivity contribution in [3.63, 3.8) is 0 Å². The van der Waals surface area contributed by atoms with Crippen molar-refractivity contribution < 1.29 is 18.3 Å². The van der Waals surface area contributed by atoms with Crippen molar-refractivity contribution in [3.05, 3.63) is 58.4 Å². The normalized spacial score (nSPS) is 11.5. The van der Waals surface area contributed by atoms with E-state index in [4.69, 9.17) is 0 Å². The van der Waals surface area contributed by atoms with Crippen LogP contribution in [0.3, 0.4) is 0 Å². The number of aromatic nitrogens is 1. The molecule has 0 saturated heterocycles. The number of halogens is 2. The van der Waals surface area contributed by atoms with Crippen LogP contribution in [0, 0.1) is 25.2 Å². The van der Waals surface area contributed by atoms with E-state index >= 15 is 0 Å². The highest BCUT2D eigenvalue weighted by Gasteiger charge is 2.19. The van der Waals surface area contributed by atoms with E-state index in [2.05, 4.69) is 16.2 Å². The summed E-state index contributed by atoms with van der Waals surface area (Å²) in [6.45, 7) is 3.76. The van der Waals surface area contributed by atoms with Crippen molar-refractivity contribution in [2.45, 2.75) is 40.3 Å². The van der Waals surface area contributed by atoms with Gasteiger partial charge in [0.05, 0.1) is 0 Å². The highest BCUT2D eigenvalue weighted by molar-refractivity contribution is 6.14. The van der Waals surface area contributed by atoms with Crippen LogP contribution in [0.5, 0.6) is 5.75 Å².